The lowest BCUT2D eigenvalue weighted by Crippen LogP contribution is -2.34. The van der Waals surface area contributed by atoms with Crippen LogP contribution in [0.3, 0.4) is 0 Å². The predicted octanol–water partition coefficient (Wildman–Crippen LogP) is 6.39. The van der Waals surface area contributed by atoms with Gasteiger partial charge in [-0.05, 0) is 57.2 Å². The quantitative estimate of drug-likeness (QED) is 0.221. The highest BCUT2D eigenvalue weighted by molar-refractivity contribution is 6.31. The number of hydrogen-bond donors (Lipinski definition) is 1. The number of hydrogen-bond acceptors (Lipinski definition) is 6. The average molecular weight is 621 g/mol. The van der Waals surface area contributed by atoms with Crippen molar-refractivity contribution in [3.8, 4) is 22.6 Å². The number of carbonyl (C=O) groups is 1. The minimum absolute atomic E-state index is 0.116. The van der Waals surface area contributed by atoms with Gasteiger partial charge in [-0.3, -0.25) is 18.8 Å². The summed E-state index contributed by atoms with van der Waals surface area (Å²) >= 11 is 6.15. The van der Waals surface area contributed by atoms with Gasteiger partial charge in [-0.25, -0.2) is 0 Å². The van der Waals surface area contributed by atoms with Crippen LogP contribution in [-0.4, -0.2) is 52.4 Å². The Balaban J connectivity index is 1.73. The highest BCUT2D eigenvalue weighted by atomic mass is 35.5. The topological polar surface area (TPSA) is 96.6 Å². The summed E-state index contributed by atoms with van der Waals surface area (Å²) in [6, 6.07) is 9.46. The Labute approximate surface area is 251 Å². The molecule has 0 aliphatic carbocycles. The Morgan fingerprint density at radius 3 is 2.44 bits per heavy atom. The number of nitrogens with zero attached hydrogens (tertiary/aromatic N) is 3. The Kier molecular flexibility index (Phi) is 9.41. The van der Waals surface area contributed by atoms with Gasteiger partial charge in [0.25, 0.3) is 5.56 Å². The summed E-state index contributed by atoms with van der Waals surface area (Å²) in [5.41, 5.74) is 0.450. The number of nitrogens with one attached hydrogen (secondary N) is 1. The number of fused-ring (bicyclic) bond motifs is 1. The van der Waals surface area contributed by atoms with E-state index >= 15 is 0 Å². The van der Waals surface area contributed by atoms with Crippen LogP contribution in [0.2, 0.25) is 5.02 Å². The van der Waals surface area contributed by atoms with Crippen LogP contribution in [0.25, 0.3) is 22.0 Å². The summed E-state index contributed by atoms with van der Waals surface area (Å²) < 4.78 is 58.0. The smallest absolute Gasteiger partial charge is 0.422 e. The fraction of sp³-hybridized carbons (Fsp3) is 0.367. The molecular formula is C30H32ClF3N4O5. The molecule has 4 aromatic rings. The molecule has 1 unspecified atom stereocenters. The number of anilines is 1. The number of methoxy groups -OCH3 is 1. The highest BCUT2D eigenvalue weighted by Gasteiger charge is 2.30. The monoisotopic (exact) mass is 620 g/mol. The summed E-state index contributed by atoms with van der Waals surface area (Å²) in [5, 5.41) is 8.24. The number of rotatable bonds is 10. The number of halogens is 4. The maximum absolute atomic E-state index is 13.7. The number of carbonyl (C=O) groups excluding carboxylic acids is 1. The van der Waals surface area contributed by atoms with Crippen molar-refractivity contribution < 1.29 is 32.2 Å². The van der Waals surface area contributed by atoms with Crippen molar-refractivity contribution in [2.75, 3.05) is 25.6 Å². The van der Waals surface area contributed by atoms with Crippen molar-refractivity contribution in [3.63, 3.8) is 0 Å². The van der Waals surface area contributed by atoms with Gasteiger partial charge in [0.15, 0.2) is 6.61 Å². The third kappa shape index (κ3) is 8.29. The van der Waals surface area contributed by atoms with E-state index in [1.54, 1.807) is 29.9 Å². The zero-order chi connectivity index (χ0) is 31.5. The summed E-state index contributed by atoms with van der Waals surface area (Å²) in [6.07, 6.45) is -1.28. The maximum Gasteiger partial charge on any atom is 0.422 e. The highest BCUT2D eigenvalue weighted by Crippen LogP contribution is 2.38. The van der Waals surface area contributed by atoms with Gasteiger partial charge in [0, 0.05) is 59.6 Å². The number of aryl methyl sites for hydroxylation is 1. The minimum Gasteiger partial charge on any atom is -0.495 e. The number of aromatic nitrogens is 3. The van der Waals surface area contributed by atoms with Crippen molar-refractivity contribution in [1.82, 2.24) is 14.3 Å². The van der Waals surface area contributed by atoms with E-state index in [2.05, 4.69) is 10.4 Å². The second-order valence-corrected chi connectivity index (χ2v) is 11.3. The van der Waals surface area contributed by atoms with Crippen LogP contribution in [-0.2, 0) is 16.6 Å². The standard InChI is InChI=1S/C30H32ClF3N4O5/c1-29(2,3)43-11-10-24(28(40)35-20-7-8-23-18(12-20)15-37(4)36-23)38-16-26(41-5)22(14-27(38)39)21-13-19(31)6-9-25(21)42-17-30(32,33)34/h6-9,12-16,24H,10-11,17H2,1-5H3,(H,35,40). The van der Waals surface area contributed by atoms with Crippen LogP contribution in [0.15, 0.2) is 59.7 Å². The van der Waals surface area contributed by atoms with E-state index in [1.807, 2.05) is 27.0 Å². The van der Waals surface area contributed by atoms with Crippen molar-refractivity contribution in [2.24, 2.45) is 7.05 Å². The fourth-order valence-corrected chi connectivity index (χ4v) is 4.64. The van der Waals surface area contributed by atoms with Gasteiger partial charge in [0.05, 0.1) is 24.4 Å². The van der Waals surface area contributed by atoms with Gasteiger partial charge in [-0.15, -0.1) is 0 Å². The Morgan fingerprint density at radius 1 is 1.05 bits per heavy atom. The molecule has 0 aliphatic rings. The molecule has 1 N–H and O–H groups in total. The lowest BCUT2D eigenvalue weighted by atomic mass is 10.0. The summed E-state index contributed by atoms with van der Waals surface area (Å²) in [7, 11) is 3.14. The Bertz CT molecular complexity index is 1680. The number of pyridine rings is 1. The Hall–Kier alpha value is -4.03. The molecule has 0 spiro atoms. The minimum atomic E-state index is -4.58. The summed E-state index contributed by atoms with van der Waals surface area (Å²) in [5.74, 6) is -0.504. The molecule has 4 rings (SSSR count). The largest absolute Gasteiger partial charge is 0.495 e. The number of benzene rings is 2. The molecule has 0 fully saturated rings. The molecule has 1 atom stereocenters. The first-order chi connectivity index (χ1) is 20.1. The zero-order valence-electron chi connectivity index (χ0n) is 24.3. The van der Waals surface area contributed by atoms with Crippen LogP contribution >= 0.6 is 11.6 Å². The summed E-state index contributed by atoms with van der Waals surface area (Å²) in [4.78, 5) is 27.2. The first-order valence-corrected chi connectivity index (χ1v) is 13.7. The van der Waals surface area contributed by atoms with Crippen LogP contribution in [0, 0.1) is 0 Å². The molecule has 230 valence electrons. The normalized spacial score (nSPS) is 12.8. The molecule has 1 amide bonds. The van der Waals surface area contributed by atoms with E-state index in [-0.39, 0.29) is 40.7 Å². The molecule has 9 nitrogen and oxygen atoms in total. The lowest BCUT2D eigenvalue weighted by Gasteiger charge is -2.24. The molecule has 0 aliphatic heterocycles. The van der Waals surface area contributed by atoms with E-state index in [0.717, 1.165) is 10.9 Å². The molecule has 13 heteroatoms. The van der Waals surface area contributed by atoms with Gasteiger partial charge in [-0.1, -0.05) is 11.6 Å². The van der Waals surface area contributed by atoms with E-state index in [9.17, 15) is 22.8 Å². The van der Waals surface area contributed by atoms with Gasteiger partial charge in [0.2, 0.25) is 5.91 Å². The van der Waals surface area contributed by atoms with E-state index in [4.69, 9.17) is 25.8 Å². The maximum atomic E-state index is 13.7. The van der Waals surface area contributed by atoms with Crippen molar-refractivity contribution in [2.45, 2.75) is 45.0 Å². The SMILES string of the molecule is COc1cn(C(CCOC(C)(C)C)C(=O)Nc2ccc3nn(C)cc3c2)c(=O)cc1-c1cc(Cl)ccc1OCC(F)(F)F. The van der Waals surface area contributed by atoms with Crippen LogP contribution in [0.1, 0.15) is 33.2 Å². The molecule has 43 heavy (non-hydrogen) atoms. The molecule has 0 bridgehead atoms. The first kappa shape index (κ1) is 31.9. The van der Waals surface area contributed by atoms with Gasteiger partial charge >= 0.3 is 6.18 Å². The number of ether oxygens (including phenoxy) is 3. The predicted molar refractivity (Wildman–Crippen MR) is 158 cm³/mol. The molecule has 2 heterocycles. The van der Waals surface area contributed by atoms with E-state index in [1.165, 1.54) is 42.1 Å². The second kappa shape index (κ2) is 12.7. The van der Waals surface area contributed by atoms with E-state index in [0.29, 0.717) is 5.69 Å². The van der Waals surface area contributed by atoms with Crippen LogP contribution in [0.5, 0.6) is 11.5 Å². The second-order valence-electron chi connectivity index (χ2n) is 10.9. The zero-order valence-corrected chi connectivity index (χ0v) is 25.0. The lowest BCUT2D eigenvalue weighted by molar-refractivity contribution is -0.153. The molecular weight excluding hydrogens is 589 g/mol. The van der Waals surface area contributed by atoms with E-state index < -0.39 is 35.9 Å². The summed E-state index contributed by atoms with van der Waals surface area (Å²) in [6.45, 7) is 4.24. The van der Waals surface area contributed by atoms with Crippen LogP contribution < -0.4 is 20.3 Å². The van der Waals surface area contributed by atoms with Gasteiger partial charge in [0.1, 0.15) is 17.5 Å². The number of amides is 1. The third-order valence-corrected chi connectivity index (χ3v) is 6.57. The molecule has 0 radical (unpaired) electrons. The number of alkyl halides is 3. The van der Waals surface area contributed by atoms with Gasteiger partial charge in [-0.2, -0.15) is 18.3 Å². The van der Waals surface area contributed by atoms with Crippen molar-refractivity contribution in [3.05, 3.63) is 70.2 Å². The third-order valence-electron chi connectivity index (χ3n) is 6.34. The fourth-order valence-electron chi connectivity index (χ4n) is 4.47. The molecule has 0 saturated heterocycles. The van der Waals surface area contributed by atoms with Crippen molar-refractivity contribution in [1.29, 1.82) is 0 Å². The average Bonchev–Trinajstić information content (AvgIpc) is 3.28. The first-order valence-electron chi connectivity index (χ1n) is 13.3. The molecule has 2 aromatic carbocycles. The van der Waals surface area contributed by atoms with Crippen LogP contribution in [0.4, 0.5) is 18.9 Å². The van der Waals surface area contributed by atoms with Gasteiger partial charge < -0.3 is 19.5 Å². The van der Waals surface area contributed by atoms with Crippen molar-refractivity contribution >= 4 is 34.1 Å². The molecule has 2 aromatic heterocycles. The Morgan fingerprint density at radius 2 is 1.77 bits per heavy atom. The molecule has 0 saturated carbocycles.